The first-order valence-corrected chi connectivity index (χ1v) is 7.27. The van der Waals surface area contributed by atoms with Crippen LogP contribution in [0.2, 0.25) is 0 Å². The second-order valence-corrected chi connectivity index (χ2v) is 5.50. The van der Waals surface area contributed by atoms with Crippen molar-refractivity contribution in [2.45, 2.75) is 59.3 Å². The van der Waals surface area contributed by atoms with E-state index in [2.05, 4.69) is 46.8 Å². The molecule has 0 amide bonds. The fourth-order valence-corrected chi connectivity index (χ4v) is 2.61. The van der Waals surface area contributed by atoms with Crippen molar-refractivity contribution in [2.75, 3.05) is 0 Å². The molecule has 1 atom stereocenters. The largest absolute Gasteiger partial charge is 0.118 e. The molecule has 0 saturated heterocycles. The zero-order valence-electron chi connectivity index (χ0n) is 11.8. The van der Waals surface area contributed by atoms with Gasteiger partial charge in [-0.2, -0.15) is 0 Å². The lowest BCUT2D eigenvalue weighted by atomic mass is 9.88. The average Bonchev–Trinajstić information content (AvgIpc) is 2.35. The van der Waals surface area contributed by atoms with E-state index in [0.29, 0.717) is 5.92 Å². The zero-order chi connectivity index (χ0) is 13.0. The van der Waals surface area contributed by atoms with Gasteiger partial charge in [0.05, 0.1) is 5.38 Å². The summed E-state index contributed by atoms with van der Waals surface area (Å²) in [6, 6.07) is 4.68. The van der Waals surface area contributed by atoms with Gasteiger partial charge in [0.2, 0.25) is 0 Å². The summed E-state index contributed by atoms with van der Waals surface area (Å²) in [4.78, 5) is 0. The molecular formula is C16H25Cl. The molecule has 1 aromatic carbocycles. The molecule has 1 aromatic rings. The fraction of sp³-hybridized carbons (Fsp3) is 0.625. The van der Waals surface area contributed by atoms with Crippen LogP contribution in [0.5, 0.6) is 0 Å². The second-order valence-electron chi connectivity index (χ2n) is 5.03. The Morgan fingerprint density at radius 1 is 0.941 bits per heavy atom. The molecular weight excluding hydrogens is 228 g/mol. The summed E-state index contributed by atoms with van der Waals surface area (Å²) in [5, 5.41) is 0.144. The first kappa shape index (κ1) is 14.6. The fourth-order valence-electron chi connectivity index (χ4n) is 2.33. The van der Waals surface area contributed by atoms with E-state index in [-0.39, 0.29) is 5.38 Å². The van der Waals surface area contributed by atoms with Crippen LogP contribution in [0.25, 0.3) is 0 Å². The molecule has 0 spiro atoms. The Balaban J connectivity index is 3.34. The van der Waals surface area contributed by atoms with E-state index < -0.39 is 0 Å². The van der Waals surface area contributed by atoms with Crippen LogP contribution in [0.3, 0.4) is 0 Å². The standard InChI is InChI=1S/C16H25Cl/c1-6-12-9-13(7-2)15(14(8-3)10-12)16(17)11(4)5/h9-11,16H,6-8H2,1-5H3. The predicted octanol–water partition coefficient (Wildman–Crippen LogP) is 5.31. The van der Waals surface area contributed by atoms with Crippen molar-refractivity contribution in [2.24, 2.45) is 5.92 Å². The third-order valence-electron chi connectivity index (χ3n) is 3.44. The highest BCUT2D eigenvalue weighted by molar-refractivity contribution is 6.21. The van der Waals surface area contributed by atoms with Gasteiger partial charge >= 0.3 is 0 Å². The number of aryl methyl sites for hydroxylation is 3. The first-order chi connectivity index (χ1) is 8.04. The van der Waals surface area contributed by atoms with Gasteiger partial charge in [-0.15, -0.1) is 11.6 Å². The molecule has 0 bridgehead atoms. The predicted molar refractivity (Wildman–Crippen MR) is 78.0 cm³/mol. The van der Waals surface area contributed by atoms with Crippen molar-refractivity contribution >= 4 is 11.6 Å². The maximum atomic E-state index is 6.60. The smallest absolute Gasteiger partial charge is 0.0613 e. The third-order valence-corrected chi connectivity index (χ3v) is 4.16. The van der Waals surface area contributed by atoms with Crippen molar-refractivity contribution < 1.29 is 0 Å². The Hall–Kier alpha value is -0.490. The molecule has 96 valence electrons. The van der Waals surface area contributed by atoms with Crippen LogP contribution < -0.4 is 0 Å². The number of hydrogen-bond donors (Lipinski definition) is 0. The number of benzene rings is 1. The van der Waals surface area contributed by atoms with E-state index in [4.69, 9.17) is 11.6 Å². The second kappa shape index (κ2) is 6.44. The van der Waals surface area contributed by atoms with Crippen molar-refractivity contribution in [1.29, 1.82) is 0 Å². The summed E-state index contributed by atoms with van der Waals surface area (Å²) in [6.07, 6.45) is 3.26. The van der Waals surface area contributed by atoms with Gasteiger partial charge in [-0.25, -0.2) is 0 Å². The number of alkyl halides is 1. The van der Waals surface area contributed by atoms with Gasteiger partial charge in [0.15, 0.2) is 0 Å². The van der Waals surface area contributed by atoms with Crippen molar-refractivity contribution in [3.63, 3.8) is 0 Å². The summed E-state index contributed by atoms with van der Waals surface area (Å²) in [5.74, 6) is 0.486. The van der Waals surface area contributed by atoms with Crippen LogP contribution in [-0.4, -0.2) is 0 Å². The quantitative estimate of drug-likeness (QED) is 0.623. The maximum Gasteiger partial charge on any atom is 0.0613 e. The van der Waals surface area contributed by atoms with Crippen molar-refractivity contribution in [3.05, 3.63) is 34.4 Å². The maximum absolute atomic E-state index is 6.60. The summed E-state index contributed by atoms with van der Waals surface area (Å²) < 4.78 is 0. The minimum atomic E-state index is 0.144. The van der Waals surface area contributed by atoms with E-state index in [0.717, 1.165) is 19.3 Å². The van der Waals surface area contributed by atoms with Crippen molar-refractivity contribution in [1.82, 2.24) is 0 Å². The highest BCUT2D eigenvalue weighted by Crippen LogP contribution is 2.35. The summed E-state index contributed by atoms with van der Waals surface area (Å²) in [6.45, 7) is 11.1. The van der Waals surface area contributed by atoms with Crippen LogP contribution in [0.4, 0.5) is 0 Å². The first-order valence-electron chi connectivity index (χ1n) is 6.83. The van der Waals surface area contributed by atoms with E-state index in [1.54, 1.807) is 0 Å². The van der Waals surface area contributed by atoms with Crippen LogP contribution in [0.1, 0.15) is 62.2 Å². The Morgan fingerprint density at radius 3 is 1.71 bits per heavy atom. The third kappa shape index (κ3) is 3.25. The monoisotopic (exact) mass is 252 g/mol. The lowest BCUT2D eigenvalue weighted by molar-refractivity contribution is 0.615. The average molecular weight is 253 g/mol. The number of hydrogen-bond acceptors (Lipinski definition) is 0. The van der Waals surface area contributed by atoms with Gasteiger partial charge < -0.3 is 0 Å². The zero-order valence-corrected chi connectivity index (χ0v) is 12.6. The van der Waals surface area contributed by atoms with Crippen LogP contribution in [0.15, 0.2) is 12.1 Å². The molecule has 0 fully saturated rings. The lowest BCUT2D eigenvalue weighted by Crippen LogP contribution is -2.08. The molecule has 0 aliphatic rings. The topological polar surface area (TPSA) is 0 Å². The summed E-state index contributed by atoms with van der Waals surface area (Å²) >= 11 is 6.60. The molecule has 0 nitrogen and oxygen atoms in total. The minimum absolute atomic E-state index is 0.144. The molecule has 0 radical (unpaired) electrons. The van der Waals surface area contributed by atoms with Gasteiger partial charge in [0.1, 0.15) is 0 Å². The van der Waals surface area contributed by atoms with Crippen LogP contribution >= 0.6 is 11.6 Å². The molecule has 0 aliphatic carbocycles. The molecule has 0 N–H and O–H groups in total. The SMILES string of the molecule is CCc1cc(CC)c(C(Cl)C(C)C)c(CC)c1. The summed E-state index contributed by atoms with van der Waals surface area (Å²) in [5.41, 5.74) is 5.71. The molecule has 1 rings (SSSR count). The molecule has 0 saturated carbocycles. The molecule has 0 aromatic heterocycles. The molecule has 0 heterocycles. The molecule has 1 unspecified atom stereocenters. The van der Waals surface area contributed by atoms with Crippen LogP contribution in [0, 0.1) is 5.92 Å². The van der Waals surface area contributed by atoms with Gasteiger partial charge in [-0.1, -0.05) is 46.8 Å². The molecule has 1 heteroatoms. The Labute approximate surface area is 111 Å². The van der Waals surface area contributed by atoms with Gasteiger partial charge in [0, 0.05) is 0 Å². The van der Waals surface area contributed by atoms with Gasteiger partial charge in [-0.3, -0.25) is 0 Å². The Morgan fingerprint density at radius 2 is 1.41 bits per heavy atom. The Bertz CT molecular complexity index is 341. The number of rotatable bonds is 5. The lowest BCUT2D eigenvalue weighted by Gasteiger charge is -2.22. The van der Waals surface area contributed by atoms with E-state index in [1.807, 2.05) is 0 Å². The number of halogens is 1. The summed E-state index contributed by atoms with van der Waals surface area (Å²) in [7, 11) is 0. The molecule has 17 heavy (non-hydrogen) atoms. The molecule has 0 aliphatic heterocycles. The van der Waals surface area contributed by atoms with E-state index in [1.165, 1.54) is 22.3 Å². The van der Waals surface area contributed by atoms with E-state index in [9.17, 15) is 0 Å². The van der Waals surface area contributed by atoms with Gasteiger partial charge in [-0.05, 0) is 47.4 Å². The highest BCUT2D eigenvalue weighted by atomic mass is 35.5. The minimum Gasteiger partial charge on any atom is -0.118 e. The van der Waals surface area contributed by atoms with Crippen molar-refractivity contribution in [3.8, 4) is 0 Å². The van der Waals surface area contributed by atoms with E-state index >= 15 is 0 Å². The Kier molecular flexibility index (Phi) is 5.52. The normalized spacial score (nSPS) is 13.1. The highest BCUT2D eigenvalue weighted by Gasteiger charge is 2.19. The van der Waals surface area contributed by atoms with Crippen LogP contribution in [-0.2, 0) is 19.3 Å². The van der Waals surface area contributed by atoms with Gasteiger partial charge in [0.25, 0.3) is 0 Å².